The van der Waals surface area contributed by atoms with Crippen LogP contribution in [0.1, 0.15) is 20.3 Å². The maximum Gasteiger partial charge on any atom is 0.0474 e. The van der Waals surface area contributed by atoms with Gasteiger partial charge in [-0.05, 0) is 27.1 Å². The third-order valence-corrected chi connectivity index (χ3v) is 0.954. The van der Waals surface area contributed by atoms with Gasteiger partial charge in [-0.25, -0.2) is 0 Å². The van der Waals surface area contributed by atoms with E-state index in [1.165, 1.54) is 0 Å². The predicted molar refractivity (Wildman–Crippen MR) is 46.4 cm³/mol. The Morgan fingerprint density at radius 2 is 1.70 bits per heavy atom. The smallest absolute Gasteiger partial charge is 0.0474 e. The minimum Gasteiger partial charge on any atom is -0.385 e. The number of hydrogen-bond acceptors (Lipinski definition) is 2. The molecule has 0 rings (SSSR count). The summed E-state index contributed by atoms with van der Waals surface area (Å²) in [6.45, 7) is 5.99. The fourth-order valence-electron chi connectivity index (χ4n) is 0.525. The van der Waals surface area contributed by atoms with Crippen LogP contribution in [0.2, 0.25) is 0 Å². The molecule has 0 atom stereocenters. The molecule has 0 aromatic rings. The Morgan fingerprint density at radius 3 is 2.00 bits per heavy atom. The predicted octanol–water partition coefficient (Wildman–Crippen LogP) is 1.61. The highest BCUT2D eigenvalue weighted by molar-refractivity contribution is 4.40. The summed E-state index contributed by atoms with van der Waals surface area (Å²) in [6, 6.07) is 0. The maximum atomic E-state index is 4.87. The molecule has 0 bridgehead atoms. The summed E-state index contributed by atoms with van der Waals surface area (Å²) in [7, 11) is 5.86. The summed E-state index contributed by atoms with van der Waals surface area (Å²) in [5.41, 5.74) is 0. The van der Waals surface area contributed by atoms with Crippen molar-refractivity contribution in [3.8, 4) is 0 Å². The van der Waals surface area contributed by atoms with E-state index in [2.05, 4.69) is 19.0 Å². The summed E-state index contributed by atoms with van der Waals surface area (Å²) >= 11 is 0. The highest BCUT2D eigenvalue weighted by Crippen LogP contribution is 1.81. The summed E-state index contributed by atoms with van der Waals surface area (Å²) in [6.07, 6.45) is 1.13. The molecule has 0 amide bonds. The minimum absolute atomic E-state index is 0.873. The van der Waals surface area contributed by atoms with Crippen LogP contribution in [0.3, 0.4) is 0 Å². The van der Waals surface area contributed by atoms with Gasteiger partial charge in [0, 0.05) is 13.7 Å². The van der Waals surface area contributed by atoms with Gasteiger partial charge >= 0.3 is 0 Å². The highest BCUT2D eigenvalue weighted by Gasteiger charge is 1.86. The van der Waals surface area contributed by atoms with Crippen molar-refractivity contribution in [3.63, 3.8) is 0 Å². The molecule has 0 spiro atoms. The van der Waals surface area contributed by atoms with Gasteiger partial charge in [0.2, 0.25) is 0 Å². The van der Waals surface area contributed by atoms with E-state index in [0.29, 0.717) is 0 Å². The largest absolute Gasteiger partial charge is 0.385 e. The van der Waals surface area contributed by atoms with Crippen LogP contribution in [0.25, 0.3) is 0 Å². The van der Waals surface area contributed by atoms with Crippen molar-refractivity contribution in [1.82, 2.24) is 4.90 Å². The van der Waals surface area contributed by atoms with Gasteiger partial charge in [0.1, 0.15) is 0 Å². The fraction of sp³-hybridized carbons (Fsp3) is 1.00. The van der Waals surface area contributed by atoms with E-state index in [1.807, 2.05) is 13.8 Å². The van der Waals surface area contributed by atoms with Crippen molar-refractivity contribution in [1.29, 1.82) is 0 Å². The van der Waals surface area contributed by atoms with E-state index < -0.39 is 0 Å². The minimum atomic E-state index is 0.873. The Hall–Kier alpha value is -0.0800. The molecule has 10 heavy (non-hydrogen) atoms. The number of rotatable bonds is 4. The number of nitrogens with zero attached hydrogens (tertiary/aromatic N) is 1. The highest BCUT2D eigenvalue weighted by atomic mass is 16.5. The normalized spacial score (nSPS) is 9.00. The van der Waals surface area contributed by atoms with Gasteiger partial charge in [0.15, 0.2) is 0 Å². The molecule has 0 aliphatic carbocycles. The average molecular weight is 147 g/mol. The standard InChI is InChI=1S/C6H15NO.C2H6/c1-7(2)5-4-6-8-3;1-2/h4-6H2,1-3H3;1-2H3. The van der Waals surface area contributed by atoms with Crippen molar-refractivity contribution in [3.05, 3.63) is 0 Å². The van der Waals surface area contributed by atoms with E-state index in [4.69, 9.17) is 4.74 Å². The van der Waals surface area contributed by atoms with Gasteiger partial charge in [-0.1, -0.05) is 13.8 Å². The zero-order valence-corrected chi connectivity index (χ0v) is 7.98. The number of hydrogen-bond donors (Lipinski definition) is 0. The molecule has 64 valence electrons. The topological polar surface area (TPSA) is 12.5 Å². The third kappa shape index (κ3) is 15.7. The van der Waals surface area contributed by atoms with E-state index in [-0.39, 0.29) is 0 Å². The van der Waals surface area contributed by atoms with E-state index in [9.17, 15) is 0 Å². The molecule has 0 saturated heterocycles. The Labute approximate surface area is 65.2 Å². The Kier molecular flexibility index (Phi) is 14.7. The molecule has 0 aliphatic heterocycles. The molecule has 0 radical (unpaired) electrons. The summed E-state index contributed by atoms with van der Waals surface area (Å²) in [4.78, 5) is 2.15. The van der Waals surface area contributed by atoms with Crippen molar-refractivity contribution in [2.24, 2.45) is 0 Å². The zero-order chi connectivity index (χ0) is 8.41. The Morgan fingerprint density at radius 1 is 1.20 bits per heavy atom. The second-order valence-corrected chi connectivity index (χ2v) is 2.15. The lowest BCUT2D eigenvalue weighted by atomic mass is 10.4. The first kappa shape index (κ1) is 12.6. The molecule has 2 nitrogen and oxygen atoms in total. The third-order valence-electron chi connectivity index (χ3n) is 0.954. The lowest BCUT2D eigenvalue weighted by Crippen LogP contribution is -2.14. The van der Waals surface area contributed by atoms with E-state index in [0.717, 1.165) is 19.6 Å². The van der Waals surface area contributed by atoms with Gasteiger partial charge in [-0.3, -0.25) is 0 Å². The van der Waals surface area contributed by atoms with Gasteiger partial charge in [0.05, 0.1) is 0 Å². The van der Waals surface area contributed by atoms with Crippen LogP contribution in [-0.4, -0.2) is 39.3 Å². The van der Waals surface area contributed by atoms with Crippen molar-refractivity contribution in [2.45, 2.75) is 20.3 Å². The first-order valence-electron chi connectivity index (χ1n) is 3.91. The maximum absolute atomic E-state index is 4.87. The van der Waals surface area contributed by atoms with Crippen LogP contribution in [0.4, 0.5) is 0 Å². The zero-order valence-electron chi connectivity index (χ0n) is 7.98. The monoisotopic (exact) mass is 147 g/mol. The van der Waals surface area contributed by atoms with Crippen LogP contribution >= 0.6 is 0 Å². The summed E-state index contributed by atoms with van der Waals surface area (Å²) in [5, 5.41) is 0. The molecular formula is C8H21NO. The number of ether oxygens (including phenoxy) is 1. The van der Waals surface area contributed by atoms with Crippen LogP contribution in [-0.2, 0) is 4.74 Å². The van der Waals surface area contributed by atoms with Crippen LogP contribution in [0, 0.1) is 0 Å². The molecule has 0 aliphatic rings. The molecule has 0 heterocycles. The number of methoxy groups -OCH3 is 1. The molecule has 0 saturated carbocycles. The molecule has 0 fully saturated rings. The van der Waals surface area contributed by atoms with Crippen LogP contribution in [0.5, 0.6) is 0 Å². The van der Waals surface area contributed by atoms with Crippen LogP contribution in [0.15, 0.2) is 0 Å². The lowest BCUT2D eigenvalue weighted by Gasteiger charge is -2.07. The summed E-state index contributed by atoms with van der Waals surface area (Å²) < 4.78 is 4.87. The second kappa shape index (κ2) is 11.7. The summed E-state index contributed by atoms with van der Waals surface area (Å²) in [5.74, 6) is 0. The average Bonchev–Trinajstić information content (AvgIpc) is 1.92. The van der Waals surface area contributed by atoms with Crippen LogP contribution < -0.4 is 0 Å². The lowest BCUT2D eigenvalue weighted by molar-refractivity contribution is 0.184. The molecule has 0 aromatic carbocycles. The Balaban J connectivity index is 0. The quantitative estimate of drug-likeness (QED) is 0.560. The van der Waals surface area contributed by atoms with Gasteiger partial charge < -0.3 is 9.64 Å². The molecule has 2 heteroatoms. The van der Waals surface area contributed by atoms with Crippen molar-refractivity contribution in [2.75, 3.05) is 34.4 Å². The van der Waals surface area contributed by atoms with Gasteiger partial charge in [-0.15, -0.1) is 0 Å². The SMILES string of the molecule is CC.COCCCN(C)C. The molecular weight excluding hydrogens is 126 g/mol. The Bertz CT molecular complexity index is 46.5. The second-order valence-electron chi connectivity index (χ2n) is 2.15. The van der Waals surface area contributed by atoms with Crippen molar-refractivity contribution >= 4 is 0 Å². The fourth-order valence-corrected chi connectivity index (χ4v) is 0.525. The van der Waals surface area contributed by atoms with E-state index in [1.54, 1.807) is 7.11 Å². The van der Waals surface area contributed by atoms with Gasteiger partial charge in [0.25, 0.3) is 0 Å². The van der Waals surface area contributed by atoms with Gasteiger partial charge in [-0.2, -0.15) is 0 Å². The molecule has 0 N–H and O–H groups in total. The molecule has 0 aromatic heterocycles. The van der Waals surface area contributed by atoms with E-state index >= 15 is 0 Å². The first-order valence-corrected chi connectivity index (χ1v) is 3.91. The first-order chi connectivity index (χ1) is 4.77. The van der Waals surface area contributed by atoms with Crippen molar-refractivity contribution < 1.29 is 4.74 Å². The molecule has 0 unspecified atom stereocenters.